The van der Waals surface area contributed by atoms with E-state index in [-0.39, 0.29) is 5.78 Å². The molecule has 1 aliphatic rings. The van der Waals surface area contributed by atoms with Gasteiger partial charge in [0.25, 0.3) is 0 Å². The van der Waals surface area contributed by atoms with Gasteiger partial charge in [-0.05, 0) is 22.0 Å². The number of carbonyl (C=O) groups is 1. The summed E-state index contributed by atoms with van der Waals surface area (Å²) < 4.78 is 1.05. The van der Waals surface area contributed by atoms with Gasteiger partial charge in [-0.3, -0.25) is 4.79 Å². The van der Waals surface area contributed by atoms with E-state index in [1.54, 1.807) is 11.8 Å². The molecule has 0 saturated heterocycles. The van der Waals surface area contributed by atoms with Gasteiger partial charge in [0, 0.05) is 4.90 Å². The molecule has 0 fully saturated rings. The molecule has 0 bridgehead atoms. The van der Waals surface area contributed by atoms with Crippen LogP contribution in [0.4, 0.5) is 0 Å². The Labute approximate surface area is 74.9 Å². The molecule has 52 valence electrons. The molecule has 0 N–H and O–H groups in total. The summed E-state index contributed by atoms with van der Waals surface area (Å²) in [4.78, 5) is 13.1. The number of thiophene rings is 1. The maximum Gasteiger partial charge on any atom is 0.184 e. The molecule has 10 heavy (non-hydrogen) atoms. The molecular weight excluding hydrogens is 232 g/mol. The van der Waals surface area contributed by atoms with Crippen molar-refractivity contribution in [1.82, 2.24) is 0 Å². The molecule has 4 heteroatoms. The van der Waals surface area contributed by atoms with E-state index in [2.05, 4.69) is 15.9 Å². The normalized spacial score (nSPS) is 15.9. The van der Waals surface area contributed by atoms with Gasteiger partial charge in [-0.25, -0.2) is 0 Å². The summed E-state index contributed by atoms with van der Waals surface area (Å²) in [6.07, 6.45) is 0. The SMILES string of the molecule is O=C1CSc2cc(Br)sc21. The lowest BCUT2D eigenvalue weighted by Crippen LogP contribution is -1.90. The van der Waals surface area contributed by atoms with Gasteiger partial charge in [-0.2, -0.15) is 0 Å². The lowest BCUT2D eigenvalue weighted by molar-refractivity contribution is 0.102. The summed E-state index contributed by atoms with van der Waals surface area (Å²) >= 11 is 6.50. The van der Waals surface area contributed by atoms with Gasteiger partial charge in [0.05, 0.1) is 14.4 Å². The van der Waals surface area contributed by atoms with Gasteiger partial charge in [0.2, 0.25) is 0 Å². The Kier molecular flexibility index (Phi) is 1.62. The number of fused-ring (bicyclic) bond motifs is 1. The zero-order chi connectivity index (χ0) is 7.14. The third kappa shape index (κ3) is 0.946. The molecule has 0 aliphatic carbocycles. The van der Waals surface area contributed by atoms with E-state index >= 15 is 0 Å². The number of carbonyl (C=O) groups excluding carboxylic acids is 1. The summed E-state index contributed by atoms with van der Waals surface area (Å²) in [5.41, 5.74) is 0. The summed E-state index contributed by atoms with van der Waals surface area (Å²) in [6, 6.07) is 2.01. The van der Waals surface area contributed by atoms with Crippen LogP contribution in [0.3, 0.4) is 0 Å². The second kappa shape index (κ2) is 2.36. The molecular formula is C6H3BrOS2. The van der Waals surface area contributed by atoms with Crippen molar-refractivity contribution in [2.24, 2.45) is 0 Å². The Morgan fingerprint density at radius 3 is 3.10 bits per heavy atom. The van der Waals surface area contributed by atoms with Crippen LogP contribution in [0.15, 0.2) is 14.7 Å². The van der Waals surface area contributed by atoms with E-state index in [0.29, 0.717) is 5.75 Å². The van der Waals surface area contributed by atoms with E-state index in [0.717, 1.165) is 13.6 Å². The molecule has 1 nitrogen and oxygen atoms in total. The monoisotopic (exact) mass is 234 g/mol. The van der Waals surface area contributed by atoms with Crippen molar-refractivity contribution in [1.29, 1.82) is 0 Å². The second-order valence-electron chi connectivity index (χ2n) is 1.96. The first-order valence-corrected chi connectivity index (χ1v) is 5.32. The van der Waals surface area contributed by atoms with Crippen LogP contribution < -0.4 is 0 Å². The first kappa shape index (κ1) is 6.88. The fourth-order valence-corrected chi connectivity index (χ4v) is 3.78. The highest BCUT2D eigenvalue weighted by Crippen LogP contribution is 2.39. The van der Waals surface area contributed by atoms with Crippen molar-refractivity contribution < 1.29 is 4.79 Å². The maximum absolute atomic E-state index is 11.0. The quantitative estimate of drug-likeness (QED) is 0.687. The first-order chi connectivity index (χ1) is 4.77. The number of thioether (sulfide) groups is 1. The highest BCUT2D eigenvalue weighted by Gasteiger charge is 2.22. The van der Waals surface area contributed by atoms with Crippen molar-refractivity contribution in [3.63, 3.8) is 0 Å². The summed E-state index contributed by atoms with van der Waals surface area (Å²) in [7, 11) is 0. The lowest BCUT2D eigenvalue weighted by Gasteiger charge is -1.79. The van der Waals surface area contributed by atoms with E-state index in [1.807, 2.05) is 6.07 Å². The topological polar surface area (TPSA) is 17.1 Å². The molecule has 0 spiro atoms. The molecule has 0 amide bonds. The molecule has 0 unspecified atom stereocenters. The number of ketones is 1. The van der Waals surface area contributed by atoms with Crippen LogP contribution in [0, 0.1) is 0 Å². The molecule has 2 heterocycles. The van der Waals surface area contributed by atoms with Crippen LogP contribution in [0.25, 0.3) is 0 Å². The predicted molar refractivity (Wildman–Crippen MR) is 47.1 cm³/mol. The van der Waals surface area contributed by atoms with Crippen LogP contribution in [-0.2, 0) is 0 Å². The van der Waals surface area contributed by atoms with Crippen molar-refractivity contribution >= 4 is 44.8 Å². The number of rotatable bonds is 0. The lowest BCUT2D eigenvalue weighted by atomic mass is 10.4. The molecule has 0 saturated carbocycles. The van der Waals surface area contributed by atoms with E-state index in [4.69, 9.17) is 0 Å². The Hall–Kier alpha value is 0.200. The maximum atomic E-state index is 11.0. The molecule has 2 rings (SSSR count). The Balaban J connectivity index is 2.59. The van der Waals surface area contributed by atoms with E-state index < -0.39 is 0 Å². The summed E-state index contributed by atoms with van der Waals surface area (Å²) in [5, 5.41) is 0. The smallest absolute Gasteiger partial charge is 0.184 e. The summed E-state index contributed by atoms with van der Waals surface area (Å²) in [5.74, 6) is 0.907. The van der Waals surface area contributed by atoms with Crippen LogP contribution in [0.5, 0.6) is 0 Å². The van der Waals surface area contributed by atoms with Crippen LogP contribution in [0.1, 0.15) is 9.67 Å². The van der Waals surface area contributed by atoms with Crippen molar-refractivity contribution in [2.45, 2.75) is 4.90 Å². The van der Waals surface area contributed by atoms with Gasteiger partial charge in [-0.15, -0.1) is 23.1 Å². The van der Waals surface area contributed by atoms with Crippen LogP contribution >= 0.6 is 39.0 Å². The Morgan fingerprint density at radius 2 is 2.40 bits per heavy atom. The first-order valence-electron chi connectivity index (χ1n) is 2.73. The number of hydrogen-bond donors (Lipinski definition) is 0. The van der Waals surface area contributed by atoms with Crippen molar-refractivity contribution in [2.75, 3.05) is 5.75 Å². The standard InChI is InChI=1S/C6H3BrOS2/c7-5-1-4-6(10-5)3(8)2-9-4/h1H,2H2. The van der Waals surface area contributed by atoms with Gasteiger partial charge >= 0.3 is 0 Å². The summed E-state index contributed by atoms with van der Waals surface area (Å²) in [6.45, 7) is 0. The zero-order valence-electron chi connectivity index (χ0n) is 4.89. The molecule has 0 atom stereocenters. The van der Waals surface area contributed by atoms with E-state index in [9.17, 15) is 4.79 Å². The Morgan fingerprint density at radius 1 is 1.60 bits per heavy atom. The van der Waals surface area contributed by atoms with Gasteiger partial charge in [-0.1, -0.05) is 0 Å². The van der Waals surface area contributed by atoms with Gasteiger partial charge in [0.15, 0.2) is 5.78 Å². The Bertz CT molecular complexity index is 292. The molecule has 1 aromatic heterocycles. The number of hydrogen-bond acceptors (Lipinski definition) is 3. The van der Waals surface area contributed by atoms with Gasteiger partial charge < -0.3 is 0 Å². The third-order valence-electron chi connectivity index (χ3n) is 1.28. The molecule has 1 aromatic rings. The highest BCUT2D eigenvalue weighted by molar-refractivity contribution is 9.11. The fraction of sp³-hybridized carbons (Fsp3) is 0.167. The predicted octanol–water partition coefficient (Wildman–Crippen LogP) is 2.80. The average Bonchev–Trinajstić information content (AvgIpc) is 2.35. The van der Waals surface area contributed by atoms with Crippen LogP contribution in [-0.4, -0.2) is 11.5 Å². The molecule has 0 aromatic carbocycles. The van der Waals surface area contributed by atoms with Crippen molar-refractivity contribution in [3.8, 4) is 0 Å². The largest absolute Gasteiger partial charge is 0.292 e. The number of Topliss-reactive ketones (excluding diaryl/α,β-unsaturated/α-hetero) is 1. The minimum Gasteiger partial charge on any atom is -0.292 e. The average molecular weight is 235 g/mol. The fourth-order valence-electron chi connectivity index (χ4n) is 0.856. The molecule has 1 aliphatic heterocycles. The van der Waals surface area contributed by atoms with Crippen LogP contribution in [0.2, 0.25) is 0 Å². The third-order valence-corrected chi connectivity index (χ3v) is 4.13. The number of halogens is 1. The molecule has 0 radical (unpaired) electrons. The minimum absolute atomic E-state index is 0.274. The van der Waals surface area contributed by atoms with Crippen molar-refractivity contribution in [3.05, 3.63) is 14.7 Å². The minimum atomic E-state index is 0.274. The zero-order valence-corrected chi connectivity index (χ0v) is 8.11. The second-order valence-corrected chi connectivity index (χ2v) is 5.40. The van der Waals surface area contributed by atoms with Gasteiger partial charge in [0.1, 0.15) is 0 Å². The highest BCUT2D eigenvalue weighted by atomic mass is 79.9. The van der Waals surface area contributed by atoms with E-state index in [1.165, 1.54) is 11.3 Å².